The van der Waals surface area contributed by atoms with Crippen molar-refractivity contribution in [3.05, 3.63) is 12.2 Å². The summed E-state index contributed by atoms with van der Waals surface area (Å²) < 4.78 is 4.28. The van der Waals surface area contributed by atoms with Crippen LogP contribution in [0.5, 0.6) is 0 Å². The third-order valence-electron chi connectivity index (χ3n) is 0.698. The van der Waals surface area contributed by atoms with Gasteiger partial charge >= 0.3 is 5.97 Å². The maximum Gasteiger partial charge on any atom is 0.309 e. The minimum Gasteiger partial charge on any atom is -0.469 e. The van der Waals surface area contributed by atoms with Gasteiger partial charge in [-0.1, -0.05) is 6.08 Å². The number of carbonyl (C=O) groups is 1. The van der Waals surface area contributed by atoms with Crippen molar-refractivity contribution in [3.8, 4) is 0 Å². The molecule has 0 aromatic rings. The van der Waals surface area contributed by atoms with Crippen molar-refractivity contribution in [1.29, 1.82) is 0 Å². The van der Waals surface area contributed by atoms with Gasteiger partial charge in [0.25, 0.3) is 0 Å². The molecule has 0 bridgehead atoms. The summed E-state index contributed by atoms with van der Waals surface area (Å²) in [5.41, 5.74) is 0. The van der Waals surface area contributed by atoms with Crippen molar-refractivity contribution >= 4 is 12.3 Å². The zero-order chi connectivity index (χ0) is 7.11. The van der Waals surface area contributed by atoms with Crippen LogP contribution in [-0.4, -0.2) is 19.4 Å². The second-order valence-electron chi connectivity index (χ2n) is 1.30. The largest absolute Gasteiger partial charge is 0.469 e. The predicted octanol–water partition coefficient (Wildman–Crippen LogP) is 0.215. The van der Waals surface area contributed by atoms with E-state index in [9.17, 15) is 9.59 Å². The van der Waals surface area contributed by atoms with E-state index in [1.807, 2.05) is 0 Å². The fourth-order valence-corrected chi connectivity index (χ4v) is 0.287. The van der Waals surface area contributed by atoms with Gasteiger partial charge in [0.2, 0.25) is 6.29 Å². The van der Waals surface area contributed by atoms with Gasteiger partial charge in [0.15, 0.2) is 0 Å². The smallest absolute Gasteiger partial charge is 0.309 e. The van der Waals surface area contributed by atoms with Crippen LogP contribution < -0.4 is 0 Å². The summed E-state index contributed by atoms with van der Waals surface area (Å²) >= 11 is 0. The summed E-state index contributed by atoms with van der Waals surface area (Å²) in [6.45, 7) is 0. The Hall–Kier alpha value is -1.12. The fraction of sp³-hybridized carbons (Fsp3) is 0.333. The van der Waals surface area contributed by atoms with Gasteiger partial charge in [-0.05, 0) is 6.08 Å². The number of hydrogen-bond acceptors (Lipinski definition) is 3. The average molecular weight is 127 g/mol. The van der Waals surface area contributed by atoms with Crippen LogP contribution in [0.3, 0.4) is 0 Å². The van der Waals surface area contributed by atoms with E-state index >= 15 is 0 Å². The molecule has 0 rings (SSSR count). The van der Waals surface area contributed by atoms with Crippen LogP contribution in [0.4, 0.5) is 0 Å². The standard InChI is InChI=1S/C6H7O3/c1-9-6(8)4-2-3-5-7/h2-3H,4H2,1H3/b3-2+. The van der Waals surface area contributed by atoms with Crippen LogP contribution in [-0.2, 0) is 14.3 Å². The maximum absolute atomic E-state index is 10.3. The van der Waals surface area contributed by atoms with Crippen molar-refractivity contribution in [3.63, 3.8) is 0 Å². The lowest BCUT2D eigenvalue weighted by Gasteiger charge is -1.89. The van der Waals surface area contributed by atoms with E-state index in [0.29, 0.717) is 0 Å². The second kappa shape index (κ2) is 5.03. The molecule has 0 aliphatic carbocycles. The van der Waals surface area contributed by atoms with Gasteiger partial charge in [-0.25, -0.2) is 0 Å². The minimum absolute atomic E-state index is 0.131. The van der Waals surface area contributed by atoms with Crippen LogP contribution in [0.15, 0.2) is 12.2 Å². The molecule has 0 saturated heterocycles. The molecule has 0 atom stereocenters. The first-order valence-electron chi connectivity index (χ1n) is 2.40. The lowest BCUT2D eigenvalue weighted by molar-refractivity contribution is -0.139. The molecule has 49 valence electrons. The predicted molar refractivity (Wildman–Crippen MR) is 31.5 cm³/mol. The Bertz CT molecular complexity index is 126. The molecule has 9 heavy (non-hydrogen) atoms. The highest BCUT2D eigenvalue weighted by atomic mass is 16.5. The Morgan fingerprint density at radius 3 is 2.89 bits per heavy atom. The number of carbonyl (C=O) groups excluding carboxylic acids is 2. The van der Waals surface area contributed by atoms with Crippen LogP contribution in [0.25, 0.3) is 0 Å². The molecule has 0 aliphatic heterocycles. The Kier molecular flexibility index (Phi) is 4.40. The number of rotatable bonds is 3. The summed E-state index contributed by atoms with van der Waals surface area (Å²) in [5.74, 6) is -0.360. The van der Waals surface area contributed by atoms with Crippen molar-refractivity contribution in [2.45, 2.75) is 6.42 Å². The summed E-state index contributed by atoms with van der Waals surface area (Å²) in [5, 5.41) is 0. The molecule has 3 heteroatoms. The van der Waals surface area contributed by atoms with E-state index in [2.05, 4.69) is 4.74 Å². The number of hydrogen-bond donors (Lipinski definition) is 0. The number of methoxy groups -OCH3 is 1. The zero-order valence-corrected chi connectivity index (χ0v) is 5.09. The monoisotopic (exact) mass is 127 g/mol. The Morgan fingerprint density at radius 1 is 1.78 bits per heavy atom. The Labute approximate surface area is 53.3 Å². The highest BCUT2D eigenvalue weighted by molar-refractivity contribution is 5.73. The molecule has 0 saturated carbocycles. The number of esters is 1. The van der Waals surface area contributed by atoms with Gasteiger partial charge in [-0.15, -0.1) is 0 Å². The van der Waals surface area contributed by atoms with Crippen molar-refractivity contribution in [2.24, 2.45) is 0 Å². The van der Waals surface area contributed by atoms with Crippen LogP contribution in [0.1, 0.15) is 6.42 Å². The van der Waals surface area contributed by atoms with E-state index in [0.717, 1.165) is 6.08 Å². The molecule has 0 aliphatic rings. The molecule has 0 aromatic carbocycles. The van der Waals surface area contributed by atoms with E-state index in [4.69, 9.17) is 0 Å². The van der Waals surface area contributed by atoms with Gasteiger partial charge in [0, 0.05) is 0 Å². The highest BCUT2D eigenvalue weighted by Gasteiger charge is 1.91. The van der Waals surface area contributed by atoms with Crippen molar-refractivity contribution in [1.82, 2.24) is 0 Å². The first kappa shape index (κ1) is 7.88. The lowest BCUT2D eigenvalue weighted by Crippen LogP contribution is -1.96. The van der Waals surface area contributed by atoms with Crippen LogP contribution >= 0.6 is 0 Å². The van der Waals surface area contributed by atoms with E-state index in [1.165, 1.54) is 19.5 Å². The maximum atomic E-state index is 10.3. The first-order chi connectivity index (χ1) is 4.31. The molecule has 0 amide bonds. The summed E-state index contributed by atoms with van der Waals surface area (Å²) in [4.78, 5) is 19.8. The van der Waals surface area contributed by atoms with Gasteiger partial charge < -0.3 is 4.74 Å². The third-order valence-corrected chi connectivity index (χ3v) is 0.698. The van der Waals surface area contributed by atoms with Crippen LogP contribution in [0, 0.1) is 0 Å². The van der Waals surface area contributed by atoms with Crippen molar-refractivity contribution < 1.29 is 14.3 Å². The van der Waals surface area contributed by atoms with Crippen molar-refractivity contribution in [2.75, 3.05) is 7.11 Å². The van der Waals surface area contributed by atoms with E-state index in [-0.39, 0.29) is 12.4 Å². The van der Waals surface area contributed by atoms with Gasteiger partial charge in [-0.2, -0.15) is 0 Å². The fourth-order valence-electron chi connectivity index (χ4n) is 0.287. The highest BCUT2D eigenvalue weighted by Crippen LogP contribution is 1.83. The molecular weight excluding hydrogens is 120 g/mol. The molecule has 0 aromatic heterocycles. The molecule has 3 nitrogen and oxygen atoms in total. The Morgan fingerprint density at radius 2 is 2.44 bits per heavy atom. The topological polar surface area (TPSA) is 43.4 Å². The summed E-state index contributed by atoms with van der Waals surface area (Å²) in [6, 6.07) is 0. The number of ether oxygens (including phenoxy) is 1. The molecule has 0 heterocycles. The molecule has 0 spiro atoms. The first-order valence-corrected chi connectivity index (χ1v) is 2.40. The number of allylic oxidation sites excluding steroid dienone is 1. The molecule has 0 N–H and O–H groups in total. The molecular formula is C6H7O3. The van der Waals surface area contributed by atoms with E-state index in [1.54, 1.807) is 0 Å². The summed E-state index contributed by atoms with van der Waals surface area (Å²) in [7, 11) is 1.29. The Balaban J connectivity index is 3.37. The zero-order valence-electron chi connectivity index (χ0n) is 5.09. The average Bonchev–Trinajstić information content (AvgIpc) is 1.89. The molecule has 0 fully saturated rings. The normalized spacial score (nSPS) is 9.44. The van der Waals surface area contributed by atoms with Crippen LogP contribution in [0.2, 0.25) is 0 Å². The quantitative estimate of drug-likeness (QED) is 0.402. The van der Waals surface area contributed by atoms with Gasteiger partial charge in [0.1, 0.15) is 0 Å². The summed E-state index contributed by atoms with van der Waals surface area (Å²) in [6.07, 6.45) is 4.16. The molecule has 1 radical (unpaired) electrons. The molecule has 0 unspecified atom stereocenters. The third kappa shape index (κ3) is 4.74. The lowest BCUT2D eigenvalue weighted by atomic mass is 10.4. The SMILES string of the molecule is COC(=O)C/C=C/[C]=O. The van der Waals surface area contributed by atoms with Gasteiger partial charge in [-0.3, -0.25) is 9.59 Å². The van der Waals surface area contributed by atoms with Gasteiger partial charge in [0.05, 0.1) is 13.5 Å². The second-order valence-corrected chi connectivity index (χ2v) is 1.30. The minimum atomic E-state index is -0.360. The van der Waals surface area contributed by atoms with E-state index < -0.39 is 0 Å².